The topological polar surface area (TPSA) is 3.24 Å². The van der Waals surface area contributed by atoms with E-state index >= 15 is 0 Å². The van der Waals surface area contributed by atoms with E-state index in [-0.39, 0.29) is 6.54 Å². The summed E-state index contributed by atoms with van der Waals surface area (Å²) >= 11 is 3.26. The first kappa shape index (κ1) is 11.3. The van der Waals surface area contributed by atoms with Crippen molar-refractivity contribution in [2.45, 2.75) is 19.8 Å². The lowest BCUT2D eigenvalue weighted by atomic mass is 10.4. The molecule has 0 aliphatic heterocycles. The Morgan fingerprint density at radius 3 is 2.45 bits per heavy atom. The molecular formula is C7H14BrF2N. The summed E-state index contributed by atoms with van der Waals surface area (Å²) in [6, 6.07) is 0. The van der Waals surface area contributed by atoms with Crippen LogP contribution in [0.4, 0.5) is 8.78 Å². The predicted octanol–water partition coefficient (Wildman–Crippen LogP) is 2.36. The molecule has 0 radical (unpaired) electrons. The van der Waals surface area contributed by atoms with Gasteiger partial charge in [-0.1, -0.05) is 22.9 Å². The third kappa shape index (κ3) is 6.69. The van der Waals surface area contributed by atoms with Crippen molar-refractivity contribution in [1.82, 2.24) is 4.90 Å². The first-order valence-electron chi connectivity index (χ1n) is 3.77. The maximum Gasteiger partial charge on any atom is 0.251 e. The molecule has 4 heteroatoms. The summed E-state index contributed by atoms with van der Waals surface area (Å²) in [5.41, 5.74) is 0. The van der Waals surface area contributed by atoms with Gasteiger partial charge in [-0.05, 0) is 19.5 Å². The quantitative estimate of drug-likeness (QED) is 0.633. The summed E-state index contributed by atoms with van der Waals surface area (Å²) < 4.78 is 23.7. The summed E-state index contributed by atoms with van der Waals surface area (Å²) in [7, 11) is 0. The van der Waals surface area contributed by atoms with Gasteiger partial charge in [0, 0.05) is 5.33 Å². The van der Waals surface area contributed by atoms with Gasteiger partial charge in [-0.2, -0.15) is 0 Å². The molecule has 0 heterocycles. The fourth-order valence-corrected chi connectivity index (χ4v) is 1.11. The highest BCUT2D eigenvalue weighted by Gasteiger charge is 2.08. The van der Waals surface area contributed by atoms with Crippen LogP contribution >= 0.6 is 15.9 Å². The molecule has 0 aromatic heterocycles. The number of halogens is 3. The molecule has 0 aromatic carbocycles. The molecule has 11 heavy (non-hydrogen) atoms. The van der Waals surface area contributed by atoms with Crippen LogP contribution < -0.4 is 0 Å². The molecule has 0 unspecified atom stereocenters. The molecule has 0 aromatic rings. The number of nitrogens with zero attached hydrogens (tertiary/aromatic N) is 1. The number of alkyl halides is 3. The molecule has 0 saturated heterocycles. The van der Waals surface area contributed by atoms with Gasteiger partial charge >= 0.3 is 0 Å². The van der Waals surface area contributed by atoms with Gasteiger partial charge in [0.1, 0.15) is 0 Å². The van der Waals surface area contributed by atoms with Gasteiger partial charge in [0.25, 0.3) is 6.43 Å². The lowest BCUT2D eigenvalue weighted by molar-refractivity contribution is 0.0910. The summed E-state index contributed by atoms with van der Waals surface area (Å²) in [6.07, 6.45) is -1.27. The number of rotatable bonds is 6. The minimum atomic E-state index is -2.20. The number of hydrogen-bond donors (Lipinski definition) is 0. The van der Waals surface area contributed by atoms with Crippen molar-refractivity contribution >= 4 is 15.9 Å². The smallest absolute Gasteiger partial charge is 0.251 e. The average molecular weight is 230 g/mol. The summed E-state index contributed by atoms with van der Waals surface area (Å²) in [6.45, 7) is 3.27. The third-order valence-electron chi connectivity index (χ3n) is 1.45. The van der Waals surface area contributed by atoms with Crippen LogP contribution in [0.3, 0.4) is 0 Å². The molecule has 0 aliphatic rings. The van der Waals surface area contributed by atoms with Crippen molar-refractivity contribution in [3.05, 3.63) is 0 Å². The molecule has 0 amide bonds. The van der Waals surface area contributed by atoms with Gasteiger partial charge < -0.3 is 0 Å². The lowest BCUT2D eigenvalue weighted by Gasteiger charge is -2.18. The van der Waals surface area contributed by atoms with Crippen LogP contribution in [0.15, 0.2) is 0 Å². The molecule has 0 fully saturated rings. The SMILES string of the molecule is CCN(CCCBr)CC(F)F. The van der Waals surface area contributed by atoms with Gasteiger partial charge in [0.2, 0.25) is 0 Å². The summed E-state index contributed by atoms with van der Waals surface area (Å²) in [5.74, 6) is 0. The van der Waals surface area contributed by atoms with Crippen LogP contribution in [-0.2, 0) is 0 Å². The second-order valence-electron chi connectivity index (χ2n) is 2.33. The molecule has 0 N–H and O–H groups in total. The molecule has 0 rings (SSSR count). The third-order valence-corrected chi connectivity index (χ3v) is 2.01. The van der Waals surface area contributed by atoms with E-state index in [9.17, 15) is 8.78 Å². The summed E-state index contributed by atoms with van der Waals surface area (Å²) in [4.78, 5) is 1.76. The van der Waals surface area contributed by atoms with E-state index in [1.54, 1.807) is 4.90 Å². The Balaban J connectivity index is 3.41. The highest BCUT2D eigenvalue weighted by atomic mass is 79.9. The van der Waals surface area contributed by atoms with E-state index in [2.05, 4.69) is 15.9 Å². The van der Waals surface area contributed by atoms with Crippen LogP contribution in [0.5, 0.6) is 0 Å². The van der Waals surface area contributed by atoms with Crippen molar-refractivity contribution in [1.29, 1.82) is 0 Å². The second kappa shape index (κ2) is 6.98. The molecule has 0 bridgehead atoms. The fraction of sp³-hybridized carbons (Fsp3) is 1.00. The summed E-state index contributed by atoms with van der Waals surface area (Å²) in [5, 5.41) is 0.882. The zero-order valence-corrected chi connectivity index (χ0v) is 8.28. The number of hydrogen-bond acceptors (Lipinski definition) is 1. The van der Waals surface area contributed by atoms with E-state index in [0.29, 0.717) is 6.54 Å². The largest absolute Gasteiger partial charge is 0.298 e. The average Bonchev–Trinajstić information content (AvgIpc) is 1.97. The molecular weight excluding hydrogens is 216 g/mol. The standard InChI is InChI=1S/C7H14BrF2N/c1-2-11(5-3-4-8)6-7(9)10/h7H,2-6H2,1H3. The monoisotopic (exact) mass is 229 g/mol. The Morgan fingerprint density at radius 2 is 2.09 bits per heavy atom. The minimum absolute atomic E-state index is 0.0938. The highest BCUT2D eigenvalue weighted by Crippen LogP contribution is 1.99. The molecule has 0 saturated carbocycles. The first-order chi connectivity index (χ1) is 5.20. The zero-order valence-electron chi connectivity index (χ0n) is 6.69. The van der Waals surface area contributed by atoms with Crippen molar-refractivity contribution < 1.29 is 8.78 Å². The van der Waals surface area contributed by atoms with Crippen LogP contribution in [-0.4, -0.2) is 36.3 Å². The fourth-order valence-electron chi connectivity index (χ4n) is 0.857. The second-order valence-corrected chi connectivity index (χ2v) is 3.12. The highest BCUT2D eigenvalue weighted by molar-refractivity contribution is 9.09. The Labute approximate surface area is 74.9 Å². The predicted molar refractivity (Wildman–Crippen MR) is 46.5 cm³/mol. The van der Waals surface area contributed by atoms with E-state index in [0.717, 1.165) is 18.3 Å². The first-order valence-corrected chi connectivity index (χ1v) is 4.89. The van der Waals surface area contributed by atoms with Gasteiger partial charge in [-0.25, -0.2) is 8.78 Å². The van der Waals surface area contributed by atoms with E-state index in [1.165, 1.54) is 0 Å². The molecule has 0 aliphatic carbocycles. The zero-order chi connectivity index (χ0) is 8.69. The van der Waals surface area contributed by atoms with E-state index in [1.807, 2.05) is 6.92 Å². The van der Waals surface area contributed by atoms with Gasteiger partial charge in [0.15, 0.2) is 0 Å². The minimum Gasteiger partial charge on any atom is -0.298 e. The van der Waals surface area contributed by atoms with Crippen LogP contribution in [0, 0.1) is 0 Å². The van der Waals surface area contributed by atoms with Crippen LogP contribution in [0.2, 0.25) is 0 Å². The molecule has 1 nitrogen and oxygen atoms in total. The maximum absolute atomic E-state index is 11.8. The Bertz CT molecular complexity index is 90.5. The molecule has 68 valence electrons. The maximum atomic E-state index is 11.8. The molecule has 0 spiro atoms. The normalized spacial score (nSPS) is 11.5. The van der Waals surface area contributed by atoms with Crippen LogP contribution in [0.25, 0.3) is 0 Å². The van der Waals surface area contributed by atoms with Crippen molar-refractivity contribution in [3.63, 3.8) is 0 Å². The Morgan fingerprint density at radius 1 is 1.45 bits per heavy atom. The Kier molecular flexibility index (Phi) is 7.17. The van der Waals surface area contributed by atoms with Gasteiger partial charge in [-0.3, -0.25) is 4.90 Å². The van der Waals surface area contributed by atoms with Crippen molar-refractivity contribution in [3.8, 4) is 0 Å². The molecule has 0 atom stereocenters. The van der Waals surface area contributed by atoms with Gasteiger partial charge in [-0.15, -0.1) is 0 Å². The van der Waals surface area contributed by atoms with Crippen LogP contribution in [0.1, 0.15) is 13.3 Å². The van der Waals surface area contributed by atoms with Gasteiger partial charge in [0.05, 0.1) is 6.54 Å². The van der Waals surface area contributed by atoms with Crippen molar-refractivity contribution in [2.24, 2.45) is 0 Å². The Hall–Kier alpha value is 0.300. The lowest BCUT2D eigenvalue weighted by Crippen LogP contribution is -2.29. The van der Waals surface area contributed by atoms with E-state index < -0.39 is 6.43 Å². The van der Waals surface area contributed by atoms with E-state index in [4.69, 9.17) is 0 Å². The van der Waals surface area contributed by atoms with Crippen molar-refractivity contribution in [2.75, 3.05) is 25.0 Å².